The summed E-state index contributed by atoms with van der Waals surface area (Å²) in [7, 11) is 0. The lowest BCUT2D eigenvalue weighted by molar-refractivity contribution is 0.0244. The minimum absolute atomic E-state index is 0.267. The Hall–Kier alpha value is -1.14. The van der Waals surface area contributed by atoms with Crippen molar-refractivity contribution < 1.29 is 9.15 Å². The molecule has 1 saturated heterocycles. The van der Waals surface area contributed by atoms with E-state index in [0.717, 1.165) is 19.6 Å². The van der Waals surface area contributed by atoms with Crippen molar-refractivity contribution >= 4 is 6.01 Å². The van der Waals surface area contributed by atoms with Crippen LogP contribution >= 0.6 is 0 Å². The molecule has 2 N–H and O–H groups in total. The van der Waals surface area contributed by atoms with Gasteiger partial charge in [-0.2, -0.15) is 0 Å². The van der Waals surface area contributed by atoms with Crippen molar-refractivity contribution in [3.05, 3.63) is 5.89 Å². The molecule has 0 bridgehead atoms. The van der Waals surface area contributed by atoms with Gasteiger partial charge < -0.3 is 19.8 Å². The number of ether oxygens (including phenoxy) is 1. The molecular formula is C12H22N4O2. The van der Waals surface area contributed by atoms with E-state index < -0.39 is 0 Å². The maximum absolute atomic E-state index is 5.62. The van der Waals surface area contributed by atoms with Crippen LogP contribution in [-0.2, 0) is 11.3 Å². The molecule has 102 valence electrons. The Morgan fingerprint density at radius 2 is 2.22 bits per heavy atom. The van der Waals surface area contributed by atoms with E-state index in [1.165, 1.54) is 12.8 Å². The highest BCUT2D eigenvalue weighted by molar-refractivity contribution is 5.17. The minimum Gasteiger partial charge on any atom is -0.407 e. The Morgan fingerprint density at radius 3 is 2.94 bits per heavy atom. The van der Waals surface area contributed by atoms with Crippen LogP contribution in [0.3, 0.4) is 0 Å². The van der Waals surface area contributed by atoms with Crippen molar-refractivity contribution in [2.75, 3.05) is 18.5 Å². The van der Waals surface area contributed by atoms with Crippen LogP contribution in [0.1, 0.15) is 39.0 Å². The lowest BCUT2D eigenvalue weighted by atomic mass is 10.1. The van der Waals surface area contributed by atoms with Crippen LogP contribution in [0.4, 0.5) is 6.01 Å². The van der Waals surface area contributed by atoms with E-state index in [0.29, 0.717) is 24.5 Å². The van der Waals surface area contributed by atoms with Crippen LogP contribution in [0.2, 0.25) is 0 Å². The highest BCUT2D eigenvalue weighted by Gasteiger charge is 2.14. The zero-order valence-electron chi connectivity index (χ0n) is 11.1. The summed E-state index contributed by atoms with van der Waals surface area (Å²) < 4.78 is 11.1. The van der Waals surface area contributed by atoms with Crippen molar-refractivity contribution in [3.63, 3.8) is 0 Å². The van der Waals surface area contributed by atoms with Crippen molar-refractivity contribution in [3.8, 4) is 0 Å². The molecule has 0 aromatic carbocycles. The van der Waals surface area contributed by atoms with Gasteiger partial charge in [0.25, 0.3) is 0 Å². The molecule has 6 nitrogen and oxygen atoms in total. The van der Waals surface area contributed by atoms with E-state index >= 15 is 0 Å². The molecule has 1 aliphatic heterocycles. The second-order valence-electron chi connectivity index (χ2n) is 4.91. The average molecular weight is 254 g/mol. The fourth-order valence-corrected chi connectivity index (χ4v) is 1.86. The third-order valence-electron chi connectivity index (χ3n) is 2.88. The highest BCUT2D eigenvalue weighted by Crippen LogP contribution is 2.13. The van der Waals surface area contributed by atoms with E-state index in [-0.39, 0.29) is 6.10 Å². The maximum Gasteiger partial charge on any atom is 0.315 e. The molecular weight excluding hydrogens is 232 g/mol. The number of nitrogens with zero attached hydrogens (tertiary/aromatic N) is 2. The number of hydrogen-bond acceptors (Lipinski definition) is 6. The van der Waals surface area contributed by atoms with Crippen LogP contribution < -0.4 is 10.6 Å². The topological polar surface area (TPSA) is 72.2 Å². The molecule has 1 aromatic rings. The van der Waals surface area contributed by atoms with Gasteiger partial charge in [-0.1, -0.05) is 18.9 Å². The van der Waals surface area contributed by atoms with Crippen LogP contribution in [0.5, 0.6) is 0 Å². The first-order valence-corrected chi connectivity index (χ1v) is 6.65. The monoisotopic (exact) mass is 254 g/mol. The van der Waals surface area contributed by atoms with Crippen LogP contribution in [0, 0.1) is 0 Å². The summed E-state index contributed by atoms with van der Waals surface area (Å²) >= 11 is 0. The summed E-state index contributed by atoms with van der Waals surface area (Å²) in [6.07, 6.45) is 3.77. The Kier molecular flexibility index (Phi) is 4.95. The highest BCUT2D eigenvalue weighted by atomic mass is 16.5. The van der Waals surface area contributed by atoms with Crippen LogP contribution in [-0.4, -0.2) is 35.5 Å². The molecule has 0 spiro atoms. The van der Waals surface area contributed by atoms with E-state index in [1.54, 1.807) is 0 Å². The second-order valence-corrected chi connectivity index (χ2v) is 4.91. The predicted molar refractivity (Wildman–Crippen MR) is 68.4 cm³/mol. The lowest BCUT2D eigenvalue weighted by Gasteiger charge is -2.22. The van der Waals surface area contributed by atoms with E-state index in [1.807, 2.05) is 0 Å². The summed E-state index contributed by atoms with van der Waals surface area (Å²) in [5.41, 5.74) is 0. The van der Waals surface area contributed by atoms with Gasteiger partial charge in [0.1, 0.15) is 0 Å². The first-order chi connectivity index (χ1) is 8.74. The SMILES string of the molecule is CC(C)NCc1nnc(NCC2CCCCO2)o1. The number of anilines is 1. The predicted octanol–water partition coefficient (Wildman–Crippen LogP) is 1.55. The van der Waals surface area contributed by atoms with Gasteiger partial charge in [-0.05, 0) is 19.3 Å². The largest absolute Gasteiger partial charge is 0.407 e. The molecule has 0 saturated carbocycles. The van der Waals surface area contributed by atoms with E-state index in [4.69, 9.17) is 9.15 Å². The summed E-state index contributed by atoms with van der Waals surface area (Å²) in [5.74, 6) is 0.607. The Labute approximate surface area is 107 Å². The lowest BCUT2D eigenvalue weighted by Crippen LogP contribution is -2.27. The second kappa shape index (κ2) is 6.70. The number of nitrogens with one attached hydrogen (secondary N) is 2. The Balaban J connectivity index is 1.72. The molecule has 1 aliphatic rings. The van der Waals surface area contributed by atoms with Crippen molar-refractivity contribution in [1.29, 1.82) is 0 Å². The molecule has 0 aliphatic carbocycles. The van der Waals surface area contributed by atoms with Gasteiger partial charge in [-0.25, -0.2) is 0 Å². The molecule has 2 rings (SSSR count). The van der Waals surface area contributed by atoms with Gasteiger partial charge in [-0.3, -0.25) is 0 Å². The molecule has 0 amide bonds. The Morgan fingerprint density at radius 1 is 1.33 bits per heavy atom. The van der Waals surface area contributed by atoms with Gasteiger partial charge in [0.15, 0.2) is 0 Å². The average Bonchev–Trinajstić information content (AvgIpc) is 2.83. The summed E-state index contributed by atoms with van der Waals surface area (Å²) in [6.45, 7) is 6.36. The van der Waals surface area contributed by atoms with Gasteiger partial charge >= 0.3 is 6.01 Å². The maximum atomic E-state index is 5.62. The van der Waals surface area contributed by atoms with Crippen LogP contribution in [0.15, 0.2) is 4.42 Å². The van der Waals surface area contributed by atoms with Crippen LogP contribution in [0.25, 0.3) is 0 Å². The minimum atomic E-state index is 0.267. The standard InChI is InChI=1S/C12H22N4O2/c1-9(2)13-8-11-15-16-12(18-11)14-7-10-5-3-4-6-17-10/h9-10,13H,3-8H2,1-2H3,(H,14,16). The van der Waals surface area contributed by atoms with Crippen molar-refractivity contribution in [2.45, 2.75) is 51.8 Å². The van der Waals surface area contributed by atoms with Crippen molar-refractivity contribution in [1.82, 2.24) is 15.5 Å². The molecule has 2 heterocycles. The molecule has 0 radical (unpaired) electrons. The first-order valence-electron chi connectivity index (χ1n) is 6.65. The summed E-state index contributed by atoms with van der Waals surface area (Å²) in [4.78, 5) is 0. The quantitative estimate of drug-likeness (QED) is 0.802. The van der Waals surface area contributed by atoms with E-state index in [2.05, 4.69) is 34.7 Å². The van der Waals surface area contributed by atoms with Gasteiger partial charge in [0.05, 0.1) is 12.6 Å². The Bertz CT molecular complexity index is 348. The molecule has 1 unspecified atom stereocenters. The van der Waals surface area contributed by atoms with Gasteiger partial charge in [0, 0.05) is 19.2 Å². The molecule has 1 atom stereocenters. The molecule has 1 aromatic heterocycles. The van der Waals surface area contributed by atoms with Crippen molar-refractivity contribution in [2.24, 2.45) is 0 Å². The van der Waals surface area contributed by atoms with E-state index in [9.17, 15) is 0 Å². The van der Waals surface area contributed by atoms with Gasteiger partial charge in [0.2, 0.25) is 5.89 Å². The fourth-order valence-electron chi connectivity index (χ4n) is 1.86. The molecule has 1 fully saturated rings. The fraction of sp³-hybridized carbons (Fsp3) is 0.833. The number of rotatable bonds is 6. The molecule has 6 heteroatoms. The van der Waals surface area contributed by atoms with Gasteiger partial charge in [-0.15, -0.1) is 5.10 Å². The number of aromatic nitrogens is 2. The third kappa shape index (κ3) is 4.27. The third-order valence-corrected chi connectivity index (χ3v) is 2.88. The smallest absolute Gasteiger partial charge is 0.315 e. The summed E-state index contributed by atoms with van der Waals surface area (Å²) in [6, 6.07) is 0.883. The normalized spacial score (nSPS) is 20.3. The number of hydrogen-bond donors (Lipinski definition) is 2. The summed E-state index contributed by atoms with van der Waals surface area (Å²) in [5, 5.41) is 14.3. The molecule has 18 heavy (non-hydrogen) atoms. The first kappa shape index (κ1) is 13.3. The zero-order chi connectivity index (χ0) is 12.8. The zero-order valence-corrected chi connectivity index (χ0v) is 11.1.